The van der Waals surface area contributed by atoms with Gasteiger partial charge in [-0.2, -0.15) is 0 Å². The van der Waals surface area contributed by atoms with Crippen LogP contribution >= 0.6 is 0 Å². The number of hydrogen-bond acceptors (Lipinski definition) is 9. The Labute approximate surface area is 315 Å². The van der Waals surface area contributed by atoms with Crippen LogP contribution in [-0.4, -0.2) is 89.9 Å². The number of carbonyl (C=O) groups excluding carboxylic acids is 5. The minimum atomic E-state index is -1.18. The third-order valence-corrected chi connectivity index (χ3v) is 8.63. The van der Waals surface area contributed by atoms with Crippen molar-refractivity contribution in [3.63, 3.8) is 0 Å². The summed E-state index contributed by atoms with van der Waals surface area (Å²) >= 11 is 0. The Morgan fingerprint density at radius 2 is 1.15 bits per heavy atom. The number of nitrogens with two attached hydrogens (primary N) is 6. The van der Waals surface area contributed by atoms with Gasteiger partial charge >= 0.3 is 0 Å². The molecule has 6 atom stereocenters. The summed E-state index contributed by atoms with van der Waals surface area (Å²) in [6.45, 7) is 4.00. The van der Waals surface area contributed by atoms with Gasteiger partial charge in [0.2, 0.25) is 29.5 Å². The molecular weight excluding hydrogens is 696 g/mol. The smallest absolute Gasteiger partial charge is 0.243 e. The van der Waals surface area contributed by atoms with Crippen molar-refractivity contribution in [2.45, 2.75) is 89.0 Å². The molecule has 2 aromatic rings. The van der Waals surface area contributed by atoms with E-state index < -0.39 is 65.7 Å². The van der Waals surface area contributed by atoms with Crippen molar-refractivity contribution in [3.8, 4) is 5.75 Å². The number of phenols is 1. The van der Waals surface area contributed by atoms with Crippen molar-refractivity contribution in [2.75, 3.05) is 13.1 Å². The molecule has 296 valence electrons. The molecule has 0 spiro atoms. The van der Waals surface area contributed by atoms with Crippen LogP contribution in [0.5, 0.6) is 5.75 Å². The van der Waals surface area contributed by atoms with Gasteiger partial charge in [-0.25, -0.2) is 0 Å². The summed E-state index contributed by atoms with van der Waals surface area (Å²) < 4.78 is 0. The summed E-state index contributed by atoms with van der Waals surface area (Å²) in [5, 5.41) is 20.6. The Morgan fingerprint density at radius 1 is 0.648 bits per heavy atom. The maximum Gasteiger partial charge on any atom is 0.243 e. The van der Waals surface area contributed by atoms with Crippen molar-refractivity contribution in [2.24, 2.45) is 50.3 Å². The van der Waals surface area contributed by atoms with Crippen molar-refractivity contribution in [1.82, 2.24) is 21.3 Å². The Balaban J connectivity index is 2.32. The highest BCUT2D eigenvalue weighted by molar-refractivity contribution is 5.96. The summed E-state index contributed by atoms with van der Waals surface area (Å²) in [5.74, 6) is -4.06. The number of primary amides is 1. The molecule has 0 aromatic heterocycles. The van der Waals surface area contributed by atoms with E-state index in [4.69, 9.17) is 34.4 Å². The Morgan fingerprint density at radius 3 is 1.70 bits per heavy atom. The highest BCUT2D eigenvalue weighted by Crippen LogP contribution is 2.14. The molecular formula is C36H56N12O6. The van der Waals surface area contributed by atoms with Gasteiger partial charge in [-0.05, 0) is 54.9 Å². The standard InChI is InChI=1S/C36H56N12O6/c1-3-21(2)29(48-33(53)28(20-23-13-15-24(49)16-14-23)47-31(51)25(37)11-7-17-43-35(39)40)34(54)45-26(12-8-18-44-36(41)42)32(52)46-27(30(38)50)19-22-9-5-4-6-10-22/h4-6,9-10,13-16,21,25-29,49H,3,7-8,11-12,17-20,37H2,1-2H3,(H2,38,50)(H,45,54)(H,46,52)(H,47,51)(H,48,53)(H4,39,40,43)(H4,41,42,44)/t21-,25-,26-,27-,28-,29-/m0/s1. The number of rotatable bonds is 23. The van der Waals surface area contributed by atoms with E-state index in [1.165, 1.54) is 12.1 Å². The predicted molar refractivity (Wildman–Crippen MR) is 206 cm³/mol. The van der Waals surface area contributed by atoms with Gasteiger partial charge in [0.25, 0.3) is 0 Å². The number of aliphatic imine (C=N–C) groups is 2. The number of carbonyl (C=O) groups is 5. The zero-order valence-corrected chi connectivity index (χ0v) is 30.9. The first-order chi connectivity index (χ1) is 25.6. The minimum absolute atomic E-state index is 0.000832. The topological polar surface area (TPSA) is 335 Å². The van der Waals surface area contributed by atoms with E-state index in [1.54, 1.807) is 43.3 Å². The highest BCUT2D eigenvalue weighted by atomic mass is 16.3. The summed E-state index contributed by atoms with van der Waals surface area (Å²) in [7, 11) is 0. The average Bonchev–Trinajstić information content (AvgIpc) is 3.13. The summed E-state index contributed by atoms with van der Waals surface area (Å²) in [5.41, 5.74) is 34.7. The second-order valence-corrected chi connectivity index (χ2v) is 13.0. The van der Waals surface area contributed by atoms with E-state index in [2.05, 4.69) is 31.3 Å². The predicted octanol–water partition coefficient (Wildman–Crippen LogP) is -1.92. The highest BCUT2D eigenvalue weighted by Gasteiger charge is 2.33. The third kappa shape index (κ3) is 16.2. The van der Waals surface area contributed by atoms with Gasteiger partial charge < -0.3 is 60.8 Å². The first-order valence-electron chi connectivity index (χ1n) is 17.8. The molecule has 5 amide bonds. The number of amides is 5. The van der Waals surface area contributed by atoms with E-state index in [1.807, 2.05) is 13.0 Å². The Kier molecular flexibility index (Phi) is 18.8. The second kappa shape index (κ2) is 22.9. The van der Waals surface area contributed by atoms with Crippen LogP contribution in [0, 0.1) is 5.92 Å². The number of nitrogens with zero attached hydrogens (tertiary/aromatic N) is 2. The molecule has 18 nitrogen and oxygen atoms in total. The van der Waals surface area contributed by atoms with Crippen LogP contribution in [0.4, 0.5) is 0 Å². The molecule has 0 bridgehead atoms. The quantitative estimate of drug-likeness (QED) is 0.0338. The van der Waals surface area contributed by atoms with Gasteiger partial charge in [0.1, 0.15) is 29.9 Å². The molecule has 0 saturated carbocycles. The average molecular weight is 753 g/mol. The molecule has 0 radical (unpaired) electrons. The SMILES string of the molecule is CC[C@H](C)[C@H](NC(=O)[C@H](Cc1ccc(O)cc1)NC(=O)[C@@H](N)CCCN=C(N)N)C(=O)N[C@@H](CCCN=C(N)N)C(=O)N[C@@H](Cc1ccccc1)C(N)=O. The minimum Gasteiger partial charge on any atom is -0.508 e. The van der Waals surface area contributed by atoms with Gasteiger partial charge in [-0.1, -0.05) is 62.7 Å². The van der Waals surface area contributed by atoms with Crippen LogP contribution in [0.1, 0.15) is 57.1 Å². The first kappa shape index (κ1) is 44.3. The van der Waals surface area contributed by atoms with Crippen molar-refractivity contribution in [1.29, 1.82) is 0 Å². The van der Waals surface area contributed by atoms with Crippen LogP contribution in [-0.2, 0) is 36.8 Å². The zero-order valence-electron chi connectivity index (χ0n) is 30.9. The van der Waals surface area contributed by atoms with E-state index in [0.717, 1.165) is 5.56 Å². The lowest BCUT2D eigenvalue weighted by Crippen LogP contribution is -2.60. The normalized spacial score (nSPS) is 14.1. The summed E-state index contributed by atoms with van der Waals surface area (Å²) in [6.07, 6.45) is 1.56. The molecule has 2 aromatic carbocycles. The van der Waals surface area contributed by atoms with Gasteiger partial charge in [-0.15, -0.1) is 0 Å². The molecule has 18 heteroatoms. The van der Waals surface area contributed by atoms with Gasteiger partial charge in [-0.3, -0.25) is 34.0 Å². The summed E-state index contributed by atoms with van der Waals surface area (Å²) in [6, 6.07) is 9.47. The molecule has 0 heterocycles. The fraction of sp³-hybridized carbons (Fsp3) is 0.472. The van der Waals surface area contributed by atoms with Gasteiger partial charge in [0.15, 0.2) is 11.9 Å². The Bertz CT molecular complexity index is 1580. The van der Waals surface area contributed by atoms with Crippen LogP contribution in [0.25, 0.3) is 0 Å². The van der Waals surface area contributed by atoms with E-state index in [-0.39, 0.29) is 62.9 Å². The molecule has 0 unspecified atom stereocenters. The Hall–Kier alpha value is -5.91. The third-order valence-electron chi connectivity index (χ3n) is 8.63. The molecule has 0 aliphatic rings. The molecule has 0 fully saturated rings. The maximum atomic E-state index is 14.0. The van der Waals surface area contributed by atoms with Crippen LogP contribution in [0.3, 0.4) is 0 Å². The molecule has 54 heavy (non-hydrogen) atoms. The zero-order chi connectivity index (χ0) is 40.2. The van der Waals surface area contributed by atoms with Crippen molar-refractivity contribution in [3.05, 3.63) is 65.7 Å². The fourth-order valence-electron chi connectivity index (χ4n) is 5.34. The fourth-order valence-corrected chi connectivity index (χ4v) is 5.34. The lowest BCUT2D eigenvalue weighted by molar-refractivity contribution is -0.135. The molecule has 0 saturated heterocycles. The monoisotopic (exact) mass is 752 g/mol. The van der Waals surface area contributed by atoms with E-state index >= 15 is 0 Å². The van der Waals surface area contributed by atoms with E-state index in [9.17, 15) is 29.1 Å². The number of hydrogen-bond donors (Lipinski definition) is 11. The lowest BCUT2D eigenvalue weighted by Gasteiger charge is -2.29. The molecule has 0 aliphatic heterocycles. The number of guanidine groups is 2. The largest absolute Gasteiger partial charge is 0.508 e. The van der Waals surface area contributed by atoms with Gasteiger partial charge in [0, 0.05) is 25.9 Å². The second-order valence-electron chi connectivity index (χ2n) is 13.0. The number of phenolic OH excluding ortho intramolecular Hbond substituents is 1. The summed E-state index contributed by atoms with van der Waals surface area (Å²) in [4.78, 5) is 74.9. The lowest BCUT2D eigenvalue weighted by atomic mass is 9.96. The first-order valence-corrected chi connectivity index (χ1v) is 17.8. The van der Waals surface area contributed by atoms with E-state index in [0.29, 0.717) is 18.4 Å². The number of nitrogens with one attached hydrogen (secondary N) is 4. The van der Waals surface area contributed by atoms with Crippen molar-refractivity contribution >= 4 is 41.5 Å². The van der Waals surface area contributed by atoms with Crippen LogP contribution in [0.15, 0.2) is 64.6 Å². The van der Waals surface area contributed by atoms with Crippen LogP contribution in [0.2, 0.25) is 0 Å². The number of aromatic hydroxyl groups is 1. The number of benzene rings is 2. The maximum absolute atomic E-state index is 14.0. The molecule has 0 aliphatic carbocycles. The molecule has 2 rings (SSSR count). The molecule has 17 N–H and O–H groups in total. The van der Waals surface area contributed by atoms with Crippen molar-refractivity contribution < 1.29 is 29.1 Å². The van der Waals surface area contributed by atoms with Crippen LogP contribution < -0.4 is 55.7 Å². The van der Waals surface area contributed by atoms with Gasteiger partial charge in [0.05, 0.1) is 6.04 Å².